The van der Waals surface area contributed by atoms with Gasteiger partial charge in [0, 0.05) is 13.1 Å². The van der Waals surface area contributed by atoms with Crippen LogP contribution in [0.2, 0.25) is 0 Å². The van der Waals surface area contributed by atoms with E-state index < -0.39 is 0 Å². The minimum atomic E-state index is -0.322. The van der Waals surface area contributed by atoms with Crippen molar-refractivity contribution < 1.29 is 9.32 Å². The number of carbonyl (C=O) groups is 1. The summed E-state index contributed by atoms with van der Waals surface area (Å²) >= 11 is 0. The Labute approximate surface area is 87.6 Å². The van der Waals surface area contributed by atoms with Crippen molar-refractivity contribution in [1.29, 1.82) is 0 Å². The van der Waals surface area contributed by atoms with E-state index in [4.69, 9.17) is 4.52 Å². The van der Waals surface area contributed by atoms with E-state index in [1.54, 1.807) is 6.92 Å². The maximum absolute atomic E-state index is 11.6. The zero-order valence-corrected chi connectivity index (χ0v) is 8.69. The van der Waals surface area contributed by atoms with Crippen LogP contribution in [-0.4, -0.2) is 34.1 Å². The van der Waals surface area contributed by atoms with Crippen molar-refractivity contribution in [2.75, 3.05) is 13.1 Å². The normalized spacial score (nSPS) is 17.7. The van der Waals surface area contributed by atoms with Gasteiger partial charge in [0.2, 0.25) is 0 Å². The highest BCUT2D eigenvalue weighted by Gasteiger charge is 2.18. The molecule has 1 aliphatic heterocycles. The van der Waals surface area contributed by atoms with Crippen LogP contribution in [0.5, 0.6) is 0 Å². The first-order valence-corrected chi connectivity index (χ1v) is 5.12. The molecule has 82 valence electrons. The number of hydrogen-bond acceptors (Lipinski definition) is 5. The number of nitrogens with one attached hydrogen (secondary N) is 1. The highest BCUT2D eigenvalue weighted by Crippen LogP contribution is 2.06. The molecule has 0 aromatic carbocycles. The number of hydrogen-bond donors (Lipinski definition) is 1. The van der Waals surface area contributed by atoms with Gasteiger partial charge in [0.25, 0.3) is 0 Å². The Kier molecular flexibility index (Phi) is 2.96. The summed E-state index contributed by atoms with van der Waals surface area (Å²) in [4.78, 5) is 15.4. The summed E-state index contributed by atoms with van der Waals surface area (Å²) in [5, 5.41) is 5.46. The Hall–Kier alpha value is -1.43. The molecular weight excluding hydrogens is 196 g/mol. The second kappa shape index (κ2) is 4.39. The minimum absolute atomic E-state index is 0.0260. The molecule has 1 amide bonds. The van der Waals surface area contributed by atoms with Gasteiger partial charge in [0.1, 0.15) is 0 Å². The Balaban J connectivity index is 1.91. The Morgan fingerprint density at radius 3 is 2.73 bits per heavy atom. The quantitative estimate of drug-likeness (QED) is 0.770. The number of hydrazine groups is 1. The van der Waals surface area contributed by atoms with Gasteiger partial charge in [-0.3, -0.25) is 10.2 Å². The third-order valence-corrected chi connectivity index (χ3v) is 2.34. The highest BCUT2D eigenvalue weighted by molar-refractivity contribution is 5.88. The van der Waals surface area contributed by atoms with Gasteiger partial charge >= 0.3 is 11.8 Å². The van der Waals surface area contributed by atoms with Gasteiger partial charge in [-0.05, 0) is 19.8 Å². The molecule has 15 heavy (non-hydrogen) atoms. The fourth-order valence-corrected chi connectivity index (χ4v) is 1.59. The largest absolute Gasteiger partial charge is 0.329 e. The van der Waals surface area contributed by atoms with E-state index in [-0.39, 0.29) is 11.8 Å². The van der Waals surface area contributed by atoms with Crippen molar-refractivity contribution in [3.63, 3.8) is 0 Å². The molecule has 1 fully saturated rings. The van der Waals surface area contributed by atoms with Gasteiger partial charge in [0.15, 0.2) is 5.82 Å². The van der Waals surface area contributed by atoms with Crippen molar-refractivity contribution in [2.45, 2.75) is 26.2 Å². The predicted molar refractivity (Wildman–Crippen MR) is 51.9 cm³/mol. The monoisotopic (exact) mass is 210 g/mol. The number of nitrogens with zero attached hydrogens (tertiary/aromatic N) is 3. The first kappa shape index (κ1) is 10.1. The van der Waals surface area contributed by atoms with Crippen LogP contribution in [0, 0.1) is 6.92 Å². The lowest BCUT2D eigenvalue weighted by atomic mass is 10.2. The molecule has 0 unspecified atom stereocenters. The topological polar surface area (TPSA) is 71.3 Å². The number of rotatable bonds is 2. The molecule has 2 rings (SSSR count). The SMILES string of the molecule is Cc1noc(C(=O)NN2CCCCC2)n1. The van der Waals surface area contributed by atoms with Crippen LogP contribution in [0.4, 0.5) is 0 Å². The zero-order chi connectivity index (χ0) is 10.7. The molecule has 2 heterocycles. The number of carbonyl (C=O) groups excluding carboxylic acids is 1. The van der Waals surface area contributed by atoms with E-state index in [0.29, 0.717) is 5.82 Å². The van der Waals surface area contributed by atoms with Gasteiger partial charge in [-0.25, -0.2) is 5.01 Å². The minimum Gasteiger partial charge on any atom is -0.329 e. The van der Waals surface area contributed by atoms with E-state index >= 15 is 0 Å². The summed E-state index contributed by atoms with van der Waals surface area (Å²) < 4.78 is 4.77. The summed E-state index contributed by atoms with van der Waals surface area (Å²) in [5.41, 5.74) is 2.75. The summed E-state index contributed by atoms with van der Waals surface area (Å²) in [5.74, 6) is 0.175. The molecule has 0 bridgehead atoms. The summed E-state index contributed by atoms with van der Waals surface area (Å²) in [7, 11) is 0. The van der Waals surface area contributed by atoms with Gasteiger partial charge in [-0.15, -0.1) is 0 Å². The van der Waals surface area contributed by atoms with Crippen molar-refractivity contribution >= 4 is 5.91 Å². The lowest BCUT2D eigenvalue weighted by Gasteiger charge is -2.25. The lowest BCUT2D eigenvalue weighted by Crippen LogP contribution is -2.45. The number of aryl methyl sites for hydroxylation is 1. The van der Waals surface area contributed by atoms with E-state index in [1.165, 1.54) is 6.42 Å². The fourth-order valence-electron chi connectivity index (χ4n) is 1.59. The molecule has 6 heteroatoms. The Morgan fingerprint density at radius 2 is 2.13 bits per heavy atom. The molecule has 6 nitrogen and oxygen atoms in total. The molecule has 0 radical (unpaired) electrons. The van der Waals surface area contributed by atoms with Crippen LogP contribution < -0.4 is 5.43 Å². The van der Waals surface area contributed by atoms with Crippen LogP contribution in [-0.2, 0) is 0 Å². The van der Waals surface area contributed by atoms with E-state index in [2.05, 4.69) is 15.6 Å². The average Bonchev–Trinajstić information content (AvgIpc) is 2.66. The molecule has 1 aliphatic rings. The smallest absolute Gasteiger partial charge is 0.324 e. The van der Waals surface area contributed by atoms with Crippen LogP contribution in [0.25, 0.3) is 0 Å². The Bertz CT molecular complexity index is 344. The van der Waals surface area contributed by atoms with Crippen LogP contribution in [0.15, 0.2) is 4.52 Å². The summed E-state index contributed by atoms with van der Waals surface area (Å²) in [6, 6.07) is 0. The van der Waals surface area contributed by atoms with Crippen LogP contribution in [0.3, 0.4) is 0 Å². The first-order valence-electron chi connectivity index (χ1n) is 5.12. The molecule has 1 aromatic rings. The van der Waals surface area contributed by atoms with E-state index in [9.17, 15) is 4.79 Å². The second-order valence-electron chi connectivity index (χ2n) is 3.64. The lowest BCUT2D eigenvalue weighted by molar-refractivity contribution is 0.0705. The van der Waals surface area contributed by atoms with Crippen molar-refractivity contribution in [3.05, 3.63) is 11.7 Å². The molecule has 0 saturated carbocycles. The second-order valence-corrected chi connectivity index (χ2v) is 3.64. The molecule has 0 atom stereocenters. The van der Waals surface area contributed by atoms with Crippen molar-refractivity contribution in [1.82, 2.24) is 20.6 Å². The summed E-state index contributed by atoms with van der Waals surface area (Å²) in [6.45, 7) is 3.46. The number of amides is 1. The summed E-state index contributed by atoms with van der Waals surface area (Å²) in [6.07, 6.45) is 3.46. The third-order valence-electron chi connectivity index (χ3n) is 2.34. The third kappa shape index (κ3) is 2.53. The molecular formula is C9H14N4O2. The fraction of sp³-hybridized carbons (Fsp3) is 0.667. The van der Waals surface area contributed by atoms with Gasteiger partial charge in [-0.2, -0.15) is 4.98 Å². The van der Waals surface area contributed by atoms with Crippen LogP contribution in [0.1, 0.15) is 35.8 Å². The van der Waals surface area contributed by atoms with Crippen molar-refractivity contribution in [2.24, 2.45) is 0 Å². The molecule has 1 N–H and O–H groups in total. The molecule has 1 aromatic heterocycles. The van der Waals surface area contributed by atoms with Gasteiger partial charge < -0.3 is 4.52 Å². The predicted octanol–water partition coefficient (Wildman–Crippen LogP) is 0.509. The van der Waals surface area contributed by atoms with Crippen molar-refractivity contribution in [3.8, 4) is 0 Å². The van der Waals surface area contributed by atoms with Gasteiger partial charge in [-0.1, -0.05) is 11.6 Å². The maximum Gasteiger partial charge on any atom is 0.324 e. The molecule has 1 saturated heterocycles. The molecule has 0 spiro atoms. The number of aromatic nitrogens is 2. The Morgan fingerprint density at radius 1 is 1.40 bits per heavy atom. The standard InChI is InChI=1S/C9H14N4O2/c1-7-10-9(15-12-7)8(14)11-13-5-3-2-4-6-13/h2-6H2,1H3,(H,11,14). The molecule has 0 aliphatic carbocycles. The zero-order valence-electron chi connectivity index (χ0n) is 8.69. The average molecular weight is 210 g/mol. The van der Waals surface area contributed by atoms with Crippen LogP contribution >= 0.6 is 0 Å². The van der Waals surface area contributed by atoms with Gasteiger partial charge in [0.05, 0.1) is 0 Å². The first-order chi connectivity index (χ1) is 7.25. The van der Waals surface area contributed by atoms with E-state index in [0.717, 1.165) is 25.9 Å². The number of piperidine rings is 1. The van der Waals surface area contributed by atoms with E-state index in [1.807, 2.05) is 5.01 Å². The maximum atomic E-state index is 11.6. The highest BCUT2D eigenvalue weighted by atomic mass is 16.5.